The Morgan fingerprint density at radius 1 is 0.667 bits per heavy atom. The number of hydrogen-bond acceptors (Lipinski definition) is 10. The molecule has 8 aromatic rings. The van der Waals surface area contributed by atoms with Crippen LogP contribution >= 0.6 is 34.3 Å². The summed E-state index contributed by atoms with van der Waals surface area (Å²) in [6.07, 6.45) is 5.66. The average Bonchev–Trinajstić information content (AvgIpc) is 3.65. The van der Waals surface area contributed by atoms with Crippen molar-refractivity contribution in [3.8, 4) is 11.4 Å². The maximum Gasteiger partial charge on any atom is 0.337 e. The molecule has 0 amide bonds. The highest BCUT2D eigenvalue weighted by Crippen LogP contribution is 2.31. The van der Waals surface area contributed by atoms with Crippen LogP contribution in [0.25, 0.3) is 52.2 Å². The molecule has 8 rings (SSSR count). The minimum Gasteiger partial charge on any atom is -0.478 e. The Balaban J connectivity index is 0.000000152. The number of aromatic nitrogens is 6. The lowest BCUT2D eigenvalue weighted by molar-refractivity contribution is 0.0696. The third-order valence-corrected chi connectivity index (χ3v) is 9.97. The van der Waals surface area contributed by atoms with Crippen LogP contribution in [0.3, 0.4) is 0 Å². The van der Waals surface area contributed by atoms with E-state index in [2.05, 4.69) is 19.9 Å². The van der Waals surface area contributed by atoms with Crippen molar-refractivity contribution in [3.05, 3.63) is 129 Å². The minimum atomic E-state index is -1.06. The molecular formula is C34H21ClN6O5S2. The Morgan fingerprint density at radius 3 is 1.50 bits per heavy atom. The van der Waals surface area contributed by atoms with Gasteiger partial charge in [0.1, 0.15) is 31.7 Å². The van der Waals surface area contributed by atoms with Crippen molar-refractivity contribution in [2.24, 2.45) is 0 Å². The summed E-state index contributed by atoms with van der Waals surface area (Å²) in [6.45, 7) is 3.97. The number of fused-ring (bicyclic) bond motifs is 6. The van der Waals surface area contributed by atoms with Gasteiger partial charge in [-0.2, -0.15) is 0 Å². The third kappa shape index (κ3) is 5.53. The molecule has 0 saturated heterocycles. The average molecular weight is 693 g/mol. The fourth-order valence-electron chi connectivity index (χ4n) is 5.04. The van der Waals surface area contributed by atoms with Gasteiger partial charge < -0.3 is 5.11 Å². The molecule has 0 unspecified atom stereocenters. The van der Waals surface area contributed by atoms with E-state index in [-0.39, 0.29) is 22.2 Å². The van der Waals surface area contributed by atoms with E-state index in [1.54, 1.807) is 6.07 Å². The number of carbonyl (C=O) groups is 2. The number of benzene rings is 2. The summed E-state index contributed by atoms with van der Waals surface area (Å²) < 4.78 is 3.95. The van der Waals surface area contributed by atoms with Crippen LogP contribution in [-0.4, -0.2) is 45.4 Å². The van der Waals surface area contributed by atoms with Gasteiger partial charge in [-0.15, -0.1) is 22.7 Å². The predicted molar refractivity (Wildman–Crippen MR) is 188 cm³/mol. The highest BCUT2D eigenvalue weighted by molar-refractivity contribution is 7.25. The minimum absolute atomic E-state index is 0.0757. The molecule has 0 spiro atoms. The van der Waals surface area contributed by atoms with Crippen molar-refractivity contribution >= 4 is 86.4 Å². The zero-order chi connectivity index (χ0) is 33.7. The first kappa shape index (κ1) is 31.0. The topological polar surface area (TPSA) is 150 Å². The lowest BCUT2D eigenvalue weighted by atomic mass is 10.2. The molecule has 14 heteroatoms. The largest absolute Gasteiger partial charge is 0.478 e. The first-order valence-electron chi connectivity index (χ1n) is 14.3. The first-order chi connectivity index (χ1) is 23.1. The van der Waals surface area contributed by atoms with Crippen molar-refractivity contribution in [2.75, 3.05) is 0 Å². The van der Waals surface area contributed by atoms with E-state index in [9.17, 15) is 19.2 Å². The molecule has 11 nitrogen and oxygen atoms in total. The summed E-state index contributed by atoms with van der Waals surface area (Å²) >= 11 is 7.99. The van der Waals surface area contributed by atoms with Gasteiger partial charge in [-0.3, -0.25) is 23.5 Å². The second kappa shape index (κ2) is 12.2. The van der Waals surface area contributed by atoms with Crippen molar-refractivity contribution in [2.45, 2.75) is 13.8 Å². The van der Waals surface area contributed by atoms with Crippen LogP contribution in [0.5, 0.6) is 0 Å². The van der Waals surface area contributed by atoms with E-state index in [1.807, 2.05) is 62.4 Å². The summed E-state index contributed by atoms with van der Waals surface area (Å²) in [5.74, 6) is -1.06. The molecule has 1 N–H and O–H groups in total. The molecule has 0 aliphatic carbocycles. The fraction of sp³-hybridized carbons (Fsp3) is 0.0588. The Morgan fingerprint density at radius 2 is 1.08 bits per heavy atom. The summed E-state index contributed by atoms with van der Waals surface area (Å²) in [6, 6.07) is 18.3. The van der Waals surface area contributed by atoms with Crippen molar-refractivity contribution in [1.82, 2.24) is 29.1 Å². The number of hydrogen-bond donors (Lipinski definition) is 1. The molecule has 2 aromatic carbocycles. The molecule has 0 saturated carbocycles. The van der Waals surface area contributed by atoms with Crippen LogP contribution < -0.4 is 11.1 Å². The summed E-state index contributed by atoms with van der Waals surface area (Å²) in [5, 5.41) is 9.76. The van der Waals surface area contributed by atoms with Crippen molar-refractivity contribution < 1.29 is 14.7 Å². The van der Waals surface area contributed by atoms with Crippen molar-refractivity contribution in [3.63, 3.8) is 0 Å². The first-order valence-corrected chi connectivity index (χ1v) is 16.3. The molecule has 0 aliphatic heterocycles. The molecule has 236 valence electrons. The van der Waals surface area contributed by atoms with Gasteiger partial charge in [-0.25, -0.2) is 24.7 Å². The highest BCUT2D eigenvalue weighted by atomic mass is 35.5. The lowest BCUT2D eigenvalue weighted by Gasteiger charge is -2.05. The maximum atomic E-state index is 12.8. The Labute approximate surface area is 283 Å². The SMILES string of the molecule is Cc1ccc(-n2cnc3c(sc4ncc(C(=O)Cl)cc43)c2=O)cc1.Cc1ccc(-n2cnc3c(sc4ncc(C(=O)O)cc43)c2=O)cc1. The van der Waals surface area contributed by atoms with Crippen LogP contribution in [0, 0.1) is 13.8 Å². The van der Waals surface area contributed by atoms with Gasteiger partial charge in [-0.05, 0) is 61.8 Å². The van der Waals surface area contributed by atoms with E-state index < -0.39 is 11.2 Å². The van der Waals surface area contributed by atoms with E-state index in [0.717, 1.165) is 22.5 Å². The standard InChI is InChI=1S/C17H10ClN3O2S.C17H11N3O3S/c1-9-2-4-11(5-3-9)21-8-20-13-12-6-10(15(18)22)7-19-16(12)24-14(13)17(21)23;1-9-2-4-11(5-3-9)20-8-19-13-12-6-10(17(22)23)7-18-15(12)24-14(13)16(20)21/h2-8H,1H3;2-8H,1H3,(H,22,23). The molecule has 0 atom stereocenters. The summed E-state index contributed by atoms with van der Waals surface area (Å²) in [5.41, 5.74) is 4.74. The van der Waals surface area contributed by atoms with Crippen LogP contribution in [0.15, 0.2) is 95.3 Å². The van der Waals surface area contributed by atoms with E-state index >= 15 is 0 Å². The maximum absolute atomic E-state index is 12.8. The van der Waals surface area contributed by atoms with Crippen LogP contribution in [-0.2, 0) is 0 Å². The summed E-state index contributed by atoms with van der Waals surface area (Å²) in [4.78, 5) is 66.4. The van der Waals surface area contributed by atoms with Gasteiger partial charge in [0.15, 0.2) is 0 Å². The molecule has 6 aromatic heterocycles. The molecule has 6 heterocycles. The molecule has 0 bridgehead atoms. The smallest absolute Gasteiger partial charge is 0.337 e. The van der Waals surface area contributed by atoms with Gasteiger partial charge in [0, 0.05) is 23.2 Å². The van der Waals surface area contributed by atoms with Crippen molar-refractivity contribution in [1.29, 1.82) is 0 Å². The molecule has 0 aliphatic rings. The zero-order valence-corrected chi connectivity index (χ0v) is 27.4. The number of nitrogens with zero attached hydrogens (tertiary/aromatic N) is 6. The fourth-order valence-corrected chi connectivity index (χ4v) is 7.17. The Kier molecular flexibility index (Phi) is 7.87. The second-order valence-electron chi connectivity index (χ2n) is 10.8. The molecule has 0 fully saturated rings. The number of aromatic carboxylic acids is 1. The number of aryl methyl sites for hydroxylation is 2. The molecular weight excluding hydrogens is 672 g/mol. The number of pyridine rings is 2. The van der Waals surface area contributed by atoms with Gasteiger partial charge in [0.25, 0.3) is 16.4 Å². The number of thiophene rings is 2. The van der Waals surface area contributed by atoms with Crippen LogP contribution in [0.4, 0.5) is 0 Å². The lowest BCUT2D eigenvalue weighted by Crippen LogP contribution is -2.17. The number of carboxylic acids is 1. The van der Waals surface area contributed by atoms with Gasteiger partial charge in [0.2, 0.25) is 0 Å². The predicted octanol–water partition coefficient (Wildman–Crippen LogP) is 6.68. The van der Waals surface area contributed by atoms with Gasteiger partial charge in [0.05, 0.1) is 33.5 Å². The number of carboxylic acid groups (broad SMARTS) is 1. The van der Waals surface area contributed by atoms with Crippen LogP contribution in [0.2, 0.25) is 0 Å². The van der Waals surface area contributed by atoms with E-state index in [0.29, 0.717) is 40.9 Å². The highest BCUT2D eigenvalue weighted by Gasteiger charge is 2.17. The van der Waals surface area contributed by atoms with Gasteiger partial charge >= 0.3 is 5.97 Å². The summed E-state index contributed by atoms with van der Waals surface area (Å²) in [7, 11) is 0. The normalized spacial score (nSPS) is 11.2. The Hall–Kier alpha value is -5.63. The number of rotatable bonds is 4. The quantitative estimate of drug-likeness (QED) is 0.199. The Bertz CT molecular complexity index is 2510. The molecule has 0 radical (unpaired) electrons. The second-order valence-corrected chi connectivity index (χ2v) is 13.1. The van der Waals surface area contributed by atoms with E-state index in [4.69, 9.17) is 16.7 Å². The third-order valence-electron chi connectivity index (χ3n) is 7.57. The van der Waals surface area contributed by atoms with Crippen LogP contribution in [0.1, 0.15) is 31.8 Å². The monoisotopic (exact) mass is 692 g/mol. The number of halogens is 1. The zero-order valence-electron chi connectivity index (χ0n) is 25.0. The van der Waals surface area contributed by atoms with Gasteiger partial charge in [-0.1, -0.05) is 35.4 Å². The number of carbonyl (C=O) groups excluding carboxylic acids is 1. The molecule has 48 heavy (non-hydrogen) atoms. The van der Waals surface area contributed by atoms with E-state index in [1.165, 1.54) is 62.9 Å².